The van der Waals surface area contributed by atoms with Crippen molar-refractivity contribution in [2.24, 2.45) is 0 Å². The maximum absolute atomic E-state index is 12.0. The average Bonchev–Trinajstić information content (AvgIpc) is 2.85. The summed E-state index contributed by atoms with van der Waals surface area (Å²) in [6, 6.07) is 1.81. The van der Waals surface area contributed by atoms with Crippen molar-refractivity contribution < 1.29 is 18.0 Å². The Hall–Kier alpha value is -1.57. The first kappa shape index (κ1) is 14.8. The summed E-state index contributed by atoms with van der Waals surface area (Å²) in [6.07, 6.45) is -0.663. The van der Waals surface area contributed by atoms with E-state index in [4.69, 9.17) is 0 Å². The molecule has 0 aliphatic carbocycles. The number of halogens is 3. The number of hydrogen-bond acceptors (Lipinski definition) is 3. The van der Waals surface area contributed by atoms with Gasteiger partial charge in [-0.1, -0.05) is 0 Å². The lowest BCUT2D eigenvalue weighted by molar-refractivity contribution is -0.138. The number of alkyl halides is 3. The molecule has 1 aliphatic rings. The third-order valence-corrected chi connectivity index (χ3v) is 3.17. The largest absolute Gasteiger partial charge is 0.405 e. The van der Waals surface area contributed by atoms with Gasteiger partial charge in [-0.05, 0) is 25.5 Å². The Morgan fingerprint density at radius 2 is 2.35 bits per heavy atom. The topological polar surface area (TPSA) is 59.0 Å². The van der Waals surface area contributed by atoms with Crippen LogP contribution in [-0.4, -0.2) is 41.5 Å². The Morgan fingerprint density at radius 1 is 1.55 bits per heavy atom. The third kappa shape index (κ3) is 4.52. The van der Waals surface area contributed by atoms with Gasteiger partial charge in [-0.25, -0.2) is 0 Å². The Morgan fingerprint density at radius 3 is 3.00 bits per heavy atom. The minimum Gasteiger partial charge on any atom is -0.345 e. The first-order valence-electron chi connectivity index (χ1n) is 6.51. The monoisotopic (exact) mass is 290 g/mol. The average molecular weight is 290 g/mol. The lowest BCUT2D eigenvalue weighted by Gasteiger charge is -2.20. The Labute approximate surface area is 114 Å². The second kappa shape index (κ2) is 6.25. The molecule has 0 bridgehead atoms. The summed E-state index contributed by atoms with van der Waals surface area (Å²) in [6.45, 7) is 0.330. The number of carbonyl (C=O) groups excluding carboxylic acids is 1. The van der Waals surface area contributed by atoms with Crippen molar-refractivity contribution >= 4 is 5.91 Å². The van der Waals surface area contributed by atoms with Crippen molar-refractivity contribution in [1.82, 2.24) is 20.4 Å². The Bertz CT molecular complexity index is 452. The van der Waals surface area contributed by atoms with Crippen molar-refractivity contribution in [3.8, 4) is 0 Å². The number of amides is 1. The molecular formula is C12H17F3N4O. The second-order valence-electron chi connectivity index (χ2n) is 4.87. The van der Waals surface area contributed by atoms with Crippen molar-refractivity contribution in [1.29, 1.82) is 0 Å². The van der Waals surface area contributed by atoms with Gasteiger partial charge in [0.05, 0.1) is 5.69 Å². The molecule has 1 unspecified atom stereocenters. The SMILES string of the molecule is O=C(Cn1ccc(C2CCCNC2)n1)NCC(F)(F)F. The second-order valence-corrected chi connectivity index (χ2v) is 4.87. The van der Waals surface area contributed by atoms with E-state index in [1.165, 1.54) is 4.68 Å². The first-order chi connectivity index (χ1) is 9.44. The number of nitrogens with one attached hydrogen (secondary N) is 2. The molecule has 1 atom stereocenters. The van der Waals surface area contributed by atoms with Crippen LogP contribution in [0.15, 0.2) is 12.3 Å². The zero-order valence-electron chi connectivity index (χ0n) is 10.9. The molecule has 5 nitrogen and oxygen atoms in total. The molecule has 1 aromatic heterocycles. The predicted molar refractivity (Wildman–Crippen MR) is 66.1 cm³/mol. The fraction of sp³-hybridized carbons (Fsp3) is 0.667. The molecule has 1 saturated heterocycles. The van der Waals surface area contributed by atoms with Crippen LogP contribution in [0.3, 0.4) is 0 Å². The number of hydrogen-bond donors (Lipinski definition) is 2. The minimum atomic E-state index is -4.39. The van der Waals surface area contributed by atoms with Crippen LogP contribution in [0.2, 0.25) is 0 Å². The number of piperidine rings is 1. The summed E-state index contributed by atoms with van der Waals surface area (Å²) in [5.74, 6) is -0.387. The molecule has 2 N–H and O–H groups in total. The van der Waals surface area contributed by atoms with Crippen LogP contribution in [0.1, 0.15) is 24.5 Å². The third-order valence-electron chi connectivity index (χ3n) is 3.17. The van der Waals surface area contributed by atoms with Gasteiger partial charge in [0, 0.05) is 18.7 Å². The maximum atomic E-state index is 12.0. The number of nitrogens with zero attached hydrogens (tertiary/aromatic N) is 2. The van der Waals surface area contributed by atoms with Crippen molar-refractivity contribution in [2.45, 2.75) is 31.5 Å². The van der Waals surface area contributed by atoms with Crippen LogP contribution >= 0.6 is 0 Å². The molecule has 112 valence electrons. The van der Waals surface area contributed by atoms with E-state index < -0.39 is 18.6 Å². The number of carbonyl (C=O) groups is 1. The molecule has 8 heteroatoms. The normalized spacial score (nSPS) is 19.9. The summed E-state index contributed by atoms with van der Waals surface area (Å²) in [5.41, 5.74) is 0.876. The van der Waals surface area contributed by atoms with Gasteiger partial charge >= 0.3 is 6.18 Å². The summed E-state index contributed by atoms with van der Waals surface area (Å²) >= 11 is 0. The number of rotatable bonds is 4. The summed E-state index contributed by atoms with van der Waals surface area (Å²) in [4.78, 5) is 11.4. The van der Waals surface area contributed by atoms with Gasteiger partial charge < -0.3 is 10.6 Å². The Balaban J connectivity index is 1.84. The highest BCUT2D eigenvalue weighted by Crippen LogP contribution is 2.21. The van der Waals surface area contributed by atoms with Crippen LogP contribution < -0.4 is 10.6 Å². The molecule has 0 radical (unpaired) electrons. The molecule has 2 rings (SSSR count). The summed E-state index contributed by atoms with van der Waals surface area (Å²) in [7, 11) is 0. The molecule has 1 aliphatic heterocycles. The number of aromatic nitrogens is 2. The van der Waals surface area contributed by atoms with E-state index in [-0.39, 0.29) is 6.54 Å². The lowest BCUT2D eigenvalue weighted by atomic mass is 9.97. The fourth-order valence-corrected chi connectivity index (χ4v) is 2.19. The van der Waals surface area contributed by atoms with E-state index in [2.05, 4.69) is 10.4 Å². The highest BCUT2D eigenvalue weighted by molar-refractivity contribution is 5.75. The van der Waals surface area contributed by atoms with Crippen molar-refractivity contribution in [2.75, 3.05) is 19.6 Å². The van der Waals surface area contributed by atoms with E-state index >= 15 is 0 Å². The highest BCUT2D eigenvalue weighted by atomic mass is 19.4. The van der Waals surface area contributed by atoms with Crippen LogP contribution in [0, 0.1) is 0 Å². The minimum absolute atomic E-state index is 0.198. The smallest absolute Gasteiger partial charge is 0.345 e. The molecule has 1 amide bonds. The lowest BCUT2D eigenvalue weighted by Crippen LogP contribution is -2.36. The van der Waals surface area contributed by atoms with E-state index in [9.17, 15) is 18.0 Å². The first-order valence-corrected chi connectivity index (χ1v) is 6.51. The van der Waals surface area contributed by atoms with E-state index in [1.54, 1.807) is 6.20 Å². The zero-order valence-corrected chi connectivity index (χ0v) is 10.9. The molecule has 0 saturated carbocycles. The van der Waals surface area contributed by atoms with E-state index in [1.807, 2.05) is 11.4 Å². The Kier molecular flexibility index (Phi) is 4.64. The molecule has 20 heavy (non-hydrogen) atoms. The van der Waals surface area contributed by atoms with Crippen molar-refractivity contribution in [3.63, 3.8) is 0 Å². The quantitative estimate of drug-likeness (QED) is 0.870. The van der Waals surface area contributed by atoms with E-state index in [0.29, 0.717) is 5.92 Å². The van der Waals surface area contributed by atoms with Gasteiger partial charge in [-0.2, -0.15) is 18.3 Å². The fourth-order valence-electron chi connectivity index (χ4n) is 2.19. The van der Waals surface area contributed by atoms with Gasteiger partial charge in [0.2, 0.25) is 5.91 Å². The molecule has 1 aromatic rings. The highest BCUT2D eigenvalue weighted by Gasteiger charge is 2.27. The van der Waals surface area contributed by atoms with Crippen molar-refractivity contribution in [3.05, 3.63) is 18.0 Å². The maximum Gasteiger partial charge on any atom is 0.405 e. The van der Waals surface area contributed by atoms with Gasteiger partial charge in [0.15, 0.2) is 0 Å². The van der Waals surface area contributed by atoms with Crippen LogP contribution in [0.5, 0.6) is 0 Å². The molecule has 1 fully saturated rings. The molecule has 2 heterocycles. The van der Waals surface area contributed by atoms with Gasteiger partial charge in [-0.3, -0.25) is 9.48 Å². The van der Waals surface area contributed by atoms with Gasteiger partial charge in [-0.15, -0.1) is 0 Å². The molecule has 0 spiro atoms. The van der Waals surface area contributed by atoms with Gasteiger partial charge in [0.1, 0.15) is 13.1 Å². The van der Waals surface area contributed by atoms with Crippen LogP contribution in [0.25, 0.3) is 0 Å². The zero-order chi connectivity index (χ0) is 14.6. The molecular weight excluding hydrogens is 273 g/mol. The predicted octanol–water partition coefficient (Wildman–Crippen LogP) is 1.03. The van der Waals surface area contributed by atoms with Gasteiger partial charge in [0.25, 0.3) is 0 Å². The summed E-state index contributed by atoms with van der Waals surface area (Å²) < 4.78 is 37.2. The van der Waals surface area contributed by atoms with E-state index in [0.717, 1.165) is 31.6 Å². The standard InChI is InChI=1S/C12H17F3N4O/c13-12(14,15)8-17-11(20)7-19-5-3-10(18-19)9-2-1-4-16-6-9/h3,5,9,16H,1-2,4,6-8H2,(H,17,20). The summed E-state index contributed by atoms with van der Waals surface area (Å²) in [5, 5.41) is 9.34. The van der Waals surface area contributed by atoms with Crippen LogP contribution in [-0.2, 0) is 11.3 Å². The van der Waals surface area contributed by atoms with Crippen LogP contribution in [0.4, 0.5) is 13.2 Å². The molecule has 0 aromatic carbocycles.